The van der Waals surface area contributed by atoms with Crippen molar-refractivity contribution in [2.24, 2.45) is 0 Å². The van der Waals surface area contributed by atoms with Crippen molar-refractivity contribution in [1.29, 1.82) is 0 Å². The van der Waals surface area contributed by atoms with Gasteiger partial charge < -0.3 is 10.1 Å². The molecule has 1 N–H and O–H groups in total. The van der Waals surface area contributed by atoms with Crippen molar-refractivity contribution in [3.63, 3.8) is 0 Å². The van der Waals surface area contributed by atoms with Crippen LogP contribution in [0.3, 0.4) is 0 Å². The van der Waals surface area contributed by atoms with E-state index in [-0.39, 0.29) is 5.97 Å². The molecule has 0 radical (unpaired) electrons. The fraction of sp³-hybridized carbons (Fsp3) is 0.462. The smallest absolute Gasteiger partial charge is 0.316 e. The summed E-state index contributed by atoms with van der Waals surface area (Å²) >= 11 is 5.04. The third kappa shape index (κ3) is 5.42. The highest BCUT2D eigenvalue weighted by atomic mass is 79.9. The number of thioether (sulfide) groups is 1. The summed E-state index contributed by atoms with van der Waals surface area (Å²) in [5, 5.41) is 3.28. The van der Waals surface area contributed by atoms with Gasteiger partial charge in [0.1, 0.15) is 0 Å². The standard InChI is InChI=1S/C13H18BrNO2S/c1-3-15-8-10-5-6-11(7-12(10)14)18-9-13(16)17-4-2/h5-7,15H,3-4,8-9H2,1-2H3. The summed E-state index contributed by atoms with van der Waals surface area (Å²) in [7, 11) is 0. The Labute approximate surface area is 121 Å². The second kappa shape index (κ2) is 8.56. The van der Waals surface area contributed by atoms with E-state index in [2.05, 4.69) is 34.2 Å². The molecule has 0 fully saturated rings. The Kier molecular flexibility index (Phi) is 7.39. The second-order valence-electron chi connectivity index (χ2n) is 3.63. The summed E-state index contributed by atoms with van der Waals surface area (Å²) in [6.45, 7) is 6.13. The predicted octanol–water partition coefficient (Wildman–Crippen LogP) is 3.21. The number of ether oxygens (including phenoxy) is 1. The average Bonchev–Trinajstić information content (AvgIpc) is 2.35. The molecule has 1 aromatic rings. The molecule has 0 saturated heterocycles. The van der Waals surface area contributed by atoms with E-state index in [0.29, 0.717) is 12.4 Å². The quantitative estimate of drug-likeness (QED) is 0.615. The van der Waals surface area contributed by atoms with E-state index in [1.165, 1.54) is 17.3 Å². The molecule has 0 unspecified atom stereocenters. The van der Waals surface area contributed by atoms with Gasteiger partial charge in [-0.3, -0.25) is 4.79 Å². The van der Waals surface area contributed by atoms with Gasteiger partial charge in [-0.1, -0.05) is 28.9 Å². The Morgan fingerprint density at radius 2 is 2.22 bits per heavy atom. The maximum atomic E-state index is 11.2. The van der Waals surface area contributed by atoms with E-state index < -0.39 is 0 Å². The van der Waals surface area contributed by atoms with Crippen LogP contribution in [0.15, 0.2) is 27.6 Å². The Morgan fingerprint density at radius 1 is 1.44 bits per heavy atom. The average molecular weight is 332 g/mol. The Hall–Kier alpha value is -0.520. The molecule has 18 heavy (non-hydrogen) atoms. The molecule has 0 atom stereocenters. The van der Waals surface area contributed by atoms with Crippen LogP contribution < -0.4 is 5.32 Å². The normalized spacial score (nSPS) is 10.4. The summed E-state index contributed by atoms with van der Waals surface area (Å²) in [6.07, 6.45) is 0. The molecule has 0 aliphatic carbocycles. The van der Waals surface area contributed by atoms with Crippen LogP contribution in [-0.4, -0.2) is 24.9 Å². The number of hydrogen-bond donors (Lipinski definition) is 1. The topological polar surface area (TPSA) is 38.3 Å². The van der Waals surface area contributed by atoms with Gasteiger partial charge in [-0.05, 0) is 31.2 Å². The van der Waals surface area contributed by atoms with Gasteiger partial charge in [-0.2, -0.15) is 0 Å². The highest BCUT2D eigenvalue weighted by molar-refractivity contribution is 9.10. The molecule has 1 rings (SSSR count). The zero-order valence-corrected chi connectivity index (χ0v) is 13.1. The summed E-state index contributed by atoms with van der Waals surface area (Å²) in [4.78, 5) is 12.3. The van der Waals surface area contributed by atoms with E-state index in [1.807, 2.05) is 19.1 Å². The molecular formula is C13H18BrNO2S. The number of nitrogens with one attached hydrogen (secondary N) is 1. The van der Waals surface area contributed by atoms with Gasteiger partial charge in [-0.15, -0.1) is 11.8 Å². The number of benzene rings is 1. The molecule has 0 amide bonds. The molecule has 0 aromatic heterocycles. The monoisotopic (exact) mass is 331 g/mol. The molecule has 0 spiro atoms. The van der Waals surface area contributed by atoms with Gasteiger partial charge in [0.2, 0.25) is 0 Å². The first-order chi connectivity index (χ1) is 8.67. The lowest BCUT2D eigenvalue weighted by Gasteiger charge is -2.07. The Bertz CT molecular complexity index is 399. The third-order valence-electron chi connectivity index (χ3n) is 2.25. The minimum atomic E-state index is -0.171. The van der Waals surface area contributed by atoms with Crippen LogP contribution >= 0.6 is 27.7 Å². The van der Waals surface area contributed by atoms with Crippen molar-refractivity contribution in [2.45, 2.75) is 25.3 Å². The van der Waals surface area contributed by atoms with Gasteiger partial charge in [-0.25, -0.2) is 0 Å². The first-order valence-corrected chi connectivity index (χ1v) is 7.72. The third-order valence-corrected chi connectivity index (χ3v) is 3.96. The van der Waals surface area contributed by atoms with Crippen molar-refractivity contribution < 1.29 is 9.53 Å². The van der Waals surface area contributed by atoms with E-state index in [0.717, 1.165) is 22.5 Å². The van der Waals surface area contributed by atoms with Gasteiger partial charge in [0.05, 0.1) is 12.4 Å². The molecule has 0 aliphatic heterocycles. The fourth-order valence-electron chi connectivity index (χ4n) is 1.37. The Balaban J connectivity index is 2.53. The molecule has 3 nitrogen and oxygen atoms in total. The lowest BCUT2D eigenvalue weighted by Crippen LogP contribution is -2.12. The molecule has 0 aliphatic rings. The predicted molar refractivity (Wildman–Crippen MR) is 78.9 cm³/mol. The van der Waals surface area contributed by atoms with Gasteiger partial charge in [0.25, 0.3) is 0 Å². The van der Waals surface area contributed by atoms with E-state index in [9.17, 15) is 4.79 Å². The summed E-state index contributed by atoms with van der Waals surface area (Å²) in [5.74, 6) is 0.183. The number of halogens is 1. The number of hydrogen-bond acceptors (Lipinski definition) is 4. The lowest BCUT2D eigenvalue weighted by molar-refractivity contribution is -0.139. The van der Waals surface area contributed by atoms with Crippen molar-refractivity contribution in [1.82, 2.24) is 5.32 Å². The number of esters is 1. The first kappa shape index (κ1) is 15.5. The maximum Gasteiger partial charge on any atom is 0.316 e. The summed E-state index contributed by atoms with van der Waals surface area (Å²) in [6, 6.07) is 6.14. The van der Waals surface area contributed by atoms with Gasteiger partial charge in [0, 0.05) is 15.9 Å². The molecule has 1 aromatic carbocycles. The van der Waals surface area contributed by atoms with Crippen molar-refractivity contribution in [3.05, 3.63) is 28.2 Å². The van der Waals surface area contributed by atoms with E-state index in [1.54, 1.807) is 0 Å². The summed E-state index contributed by atoms with van der Waals surface area (Å²) in [5.41, 5.74) is 1.22. The maximum absolute atomic E-state index is 11.2. The van der Waals surface area contributed by atoms with Crippen molar-refractivity contribution >= 4 is 33.7 Å². The highest BCUT2D eigenvalue weighted by Gasteiger charge is 2.05. The van der Waals surface area contributed by atoms with Crippen LogP contribution in [0.2, 0.25) is 0 Å². The Morgan fingerprint density at radius 3 is 2.83 bits per heavy atom. The van der Waals surface area contributed by atoms with Crippen LogP contribution in [-0.2, 0) is 16.1 Å². The van der Waals surface area contributed by atoms with Crippen LogP contribution in [0.1, 0.15) is 19.4 Å². The number of carbonyl (C=O) groups is 1. The summed E-state index contributed by atoms with van der Waals surface area (Å²) < 4.78 is 5.96. The fourth-order valence-corrected chi connectivity index (χ4v) is 2.77. The molecule has 0 bridgehead atoms. The first-order valence-electron chi connectivity index (χ1n) is 5.95. The highest BCUT2D eigenvalue weighted by Crippen LogP contribution is 2.25. The van der Waals surface area contributed by atoms with Crippen molar-refractivity contribution in [2.75, 3.05) is 18.9 Å². The van der Waals surface area contributed by atoms with Gasteiger partial charge >= 0.3 is 5.97 Å². The van der Waals surface area contributed by atoms with Crippen LogP contribution in [0.4, 0.5) is 0 Å². The minimum absolute atomic E-state index is 0.171. The van der Waals surface area contributed by atoms with Crippen molar-refractivity contribution in [3.8, 4) is 0 Å². The molecule has 0 heterocycles. The van der Waals surface area contributed by atoms with Crippen LogP contribution in [0.5, 0.6) is 0 Å². The lowest BCUT2D eigenvalue weighted by atomic mass is 10.2. The molecule has 0 saturated carbocycles. The second-order valence-corrected chi connectivity index (χ2v) is 5.53. The van der Waals surface area contributed by atoms with Crippen LogP contribution in [0, 0.1) is 0 Å². The minimum Gasteiger partial charge on any atom is -0.465 e. The molecule has 100 valence electrons. The van der Waals surface area contributed by atoms with Gasteiger partial charge in [0.15, 0.2) is 0 Å². The number of carbonyl (C=O) groups excluding carboxylic acids is 1. The largest absolute Gasteiger partial charge is 0.465 e. The molecular weight excluding hydrogens is 314 g/mol. The zero-order chi connectivity index (χ0) is 13.4. The van der Waals surface area contributed by atoms with Crippen LogP contribution in [0.25, 0.3) is 0 Å². The van der Waals surface area contributed by atoms with E-state index >= 15 is 0 Å². The molecule has 5 heteroatoms. The zero-order valence-electron chi connectivity index (χ0n) is 10.7. The number of rotatable bonds is 7. The van der Waals surface area contributed by atoms with E-state index in [4.69, 9.17) is 4.74 Å². The SMILES string of the molecule is CCNCc1ccc(SCC(=O)OCC)cc1Br.